The molecule has 1 aromatic heterocycles. The molecule has 0 bridgehead atoms. The summed E-state index contributed by atoms with van der Waals surface area (Å²) in [5.74, 6) is 1.59. The maximum atomic E-state index is 12.5. The van der Waals surface area contributed by atoms with Crippen molar-refractivity contribution in [1.29, 1.82) is 0 Å². The van der Waals surface area contributed by atoms with Gasteiger partial charge in [-0.1, -0.05) is 29.4 Å². The first-order chi connectivity index (χ1) is 12.1. The van der Waals surface area contributed by atoms with Crippen molar-refractivity contribution in [1.82, 2.24) is 10.1 Å². The van der Waals surface area contributed by atoms with Crippen molar-refractivity contribution >= 4 is 11.6 Å². The van der Waals surface area contributed by atoms with Gasteiger partial charge in [-0.2, -0.15) is 4.98 Å². The molecule has 1 aliphatic rings. The van der Waals surface area contributed by atoms with Gasteiger partial charge >= 0.3 is 0 Å². The van der Waals surface area contributed by atoms with E-state index in [0.29, 0.717) is 23.2 Å². The van der Waals surface area contributed by atoms with Crippen molar-refractivity contribution in [2.75, 3.05) is 5.32 Å². The Morgan fingerprint density at radius 3 is 2.60 bits per heavy atom. The lowest BCUT2D eigenvalue weighted by Gasteiger charge is -2.09. The molecule has 0 aliphatic heterocycles. The molecule has 0 unspecified atom stereocenters. The van der Waals surface area contributed by atoms with Crippen molar-refractivity contribution in [2.45, 2.75) is 32.6 Å². The normalized spacial score (nSPS) is 13.7. The van der Waals surface area contributed by atoms with E-state index in [0.717, 1.165) is 35.2 Å². The molecule has 1 fully saturated rings. The number of amides is 1. The number of carbonyl (C=O) groups excluding carboxylic acids is 1. The van der Waals surface area contributed by atoms with Crippen LogP contribution in [0, 0.1) is 13.8 Å². The second-order valence-corrected chi connectivity index (χ2v) is 6.58. The highest BCUT2D eigenvalue weighted by Crippen LogP contribution is 2.39. The maximum absolute atomic E-state index is 12.5. The monoisotopic (exact) mass is 333 g/mol. The van der Waals surface area contributed by atoms with Crippen LogP contribution in [0.2, 0.25) is 0 Å². The number of nitrogens with zero attached hydrogens (tertiary/aromatic N) is 2. The zero-order valence-corrected chi connectivity index (χ0v) is 14.2. The van der Waals surface area contributed by atoms with Crippen molar-refractivity contribution in [2.24, 2.45) is 0 Å². The van der Waals surface area contributed by atoms with Crippen molar-refractivity contribution in [3.8, 4) is 11.4 Å². The number of carbonyl (C=O) groups is 1. The van der Waals surface area contributed by atoms with E-state index in [2.05, 4.69) is 15.5 Å². The fraction of sp³-hybridized carbons (Fsp3) is 0.250. The SMILES string of the molecule is Cc1ccc(C)c(NC(=O)c2ccc(-c3noc(C4CC4)n3)cc2)c1. The fourth-order valence-electron chi connectivity index (χ4n) is 2.68. The van der Waals surface area contributed by atoms with Gasteiger partial charge < -0.3 is 9.84 Å². The smallest absolute Gasteiger partial charge is 0.255 e. The van der Waals surface area contributed by atoms with Crippen LogP contribution in [0.25, 0.3) is 11.4 Å². The van der Waals surface area contributed by atoms with Crippen LogP contribution in [0.4, 0.5) is 5.69 Å². The lowest BCUT2D eigenvalue weighted by Crippen LogP contribution is -2.12. The van der Waals surface area contributed by atoms with Gasteiger partial charge in [-0.25, -0.2) is 0 Å². The number of rotatable bonds is 4. The average molecular weight is 333 g/mol. The summed E-state index contributed by atoms with van der Waals surface area (Å²) < 4.78 is 5.28. The molecule has 1 saturated carbocycles. The zero-order valence-electron chi connectivity index (χ0n) is 14.2. The molecule has 1 aliphatic carbocycles. The third-order valence-electron chi connectivity index (χ3n) is 4.41. The van der Waals surface area contributed by atoms with Crippen LogP contribution < -0.4 is 5.32 Å². The van der Waals surface area contributed by atoms with E-state index in [4.69, 9.17) is 4.52 Å². The van der Waals surface area contributed by atoms with Crippen LogP contribution >= 0.6 is 0 Å². The van der Waals surface area contributed by atoms with Crippen LogP contribution in [-0.2, 0) is 0 Å². The van der Waals surface area contributed by atoms with Gasteiger partial charge in [0.15, 0.2) is 0 Å². The Kier molecular flexibility index (Phi) is 3.84. The van der Waals surface area contributed by atoms with Crippen LogP contribution in [0.1, 0.15) is 46.1 Å². The van der Waals surface area contributed by atoms with E-state index in [1.807, 2.05) is 44.2 Å². The number of hydrogen-bond donors (Lipinski definition) is 1. The summed E-state index contributed by atoms with van der Waals surface area (Å²) >= 11 is 0. The molecule has 0 radical (unpaired) electrons. The molecule has 3 aromatic rings. The van der Waals surface area contributed by atoms with E-state index in [9.17, 15) is 4.79 Å². The second-order valence-electron chi connectivity index (χ2n) is 6.58. The number of aromatic nitrogens is 2. The summed E-state index contributed by atoms with van der Waals surface area (Å²) in [7, 11) is 0. The fourth-order valence-corrected chi connectivity index (χ4v) is 2.68. The van der Waals surface area contributed by atoms with Gasteiger partial charge in [0.05, 0.1) is 0 Å². The molecule has 1 heterocycles. The molecule has 4 rings (SSSR count). The Hall–Kier alpha value is -2.95. The molecule has 5 heteroatoms. The quantitative estimate of drug-likeness (QED) is 0.764. The summed E-state index contributed by atoms with van der Waals surface area (Å²) in [5, 5.41) is 6.99. The number of nitrogens with one attached hydrogen (secondary N) is 1. The summed E-state index contributed by atoms with van der Waals surface area (Å²) in [6, 6.07) is 13.3. The predicted octanol–water partition coefficient (Wildman–Crippen LogP) is 4.48. The van der Waals surface area contributed by atoms with Gasteiger partial charge in [-0.15, -0.1) is 0 Å². The number of aryl methyl sites for hydroxylation is 2. The molecule has 5 nitrogen and oxygen atoms in total. The Bertz CT molecular complexity index is 924. The van der Waals surface area contributed by atoms with Gasteiger partial charge in [0.25, 0.3) is 5.91 Å². The minimum absolute atomic E-state index is 0.132. The Balaban J connectivity index is 1.50. The topological polar surface area (TPSA) is 68.0 Å². The molecule has 1 N–H and O–H groups in total. The second kappa shape index (κ2) is 6.16. The summed E-state index contributed by atoms with van der Waals surface area (Å²) in [6.45, 7) is 3.98. The molecule has 126 valence electrons. The molecule has 0 atom stereocenters. The molecular formula is C20H19N3O2. The van der Waals surface area contributed by atoms with Crippen LogP contribution in [0.5, 0.6) is 0 Å². The van der Waals surface area contributed by atoms with E-state index in [1.54, 1.807) is 12.1 Å². The highest BCUT2D eigenvalue weighted by molar-refractivity contribution is 6.04. The van der Waals surface area contributed by atoms with Gasteiger partial charge in [0.1, 0.15) is 0 Å². The van der Waals surface area contributed by atoms with Crippen molar-refractivity contribution in [3.63, 3.8) is 0 Å². The van der Waals surface area contributed by atoms with Gasteiger partial charge in [0.2, 0.25) is 11.7 Å². The zero-order chi connectivity index (χ0) is 17.4. The summed E-state index contributed by atoms with van der Waals surface area (Å²) in [4.78, 5) is 16.9. The van der Waals surface area contributed by atoms with E-state index < -0.39 is 0 Å². The minimum atomic E-state index is -0.132. The molecule has 0 saturated heterocycles. The Morgan fingerprint density at radius 1 is 1.12 bits per heavy atom. The Labute approximate surface area is 146 Å². The van der Waals surface area contributed by atoms with Gasteiger partial charge in [0, 0.05) is 22.7 Å². The lowest BCUT2D eigenvalue weighted by atomic mass is 10.1. The first-order valence-corrected chi connectivity index (χ1v) is 8.43. The Morgan fingerprint density at radius 2 is 1.88 bits per heavy atom. The maximum Gasteiger partial charge on any atom is 0.255 e. The molecule has 25 heavy (non-hydrogen) atoms. The highest BCUT2D eigenvalue weighted by Gasteiger charge is 2.29. The predicted molar refractivity (Wildman–Crippen MR) is 95.6 cm³/mol. The van der Waals surface area contributed by atoms with Crippen LogP contribution in [-0.4, -0.2) is 16.0 Å². The molecule has 1 amide bonds. The largest absolute Gasteiger partial charge is 0.339 e. The molecule has 0 spiro atoms. The third kappa shape index (κ3) is 3.31. The van der Waals surface area contributed by atoms with Crippen molar-refractivity contribution in [3.05, 3.63) is 65.0 Å². The number of anilines is 1. The van der Waals surface area contributed by atoms with E-state index >= 15 is 0 Å². The van der Waals surface area contributed by atoms with Gasteiger partial charge in [-0.05, 0) is 56.0 Å². The number of hydrogen-bond acceptors (Lipinski definition) is 4. The van der Waals surface area contributed by atoms with E-state index in [1.165, 1.54) is 0 Å². The van der Waals surface area contributed by atoms with Crippen LogP contribution in [0.15, 0.2) is 47.0 Å². The molecule has 2 aromatic carbocycles. The lowest BCUT2D eigenvalue weighted by molar-refractivity contribution is 0.102. The standard InChI is InChI=1S/C20H19N3O2/c1-12-3-4-13(2)17(11-12)21-19(24)15-7-5-14(6-8-15)18-22-20(25-23-18)16-9-10-16/h3-8,11,16H,9-10H2,1-2H3,(H,21,24). The summed E-state index contributed by atoms with van der Waals surface area (Å²) in [6.07, 6.45) is 2.25. The first-order valence-electron chi connectivity index (χ1n) is 8.43. The molecular weight excluding hydrogens is 314 g/mol. The summed E-state index contributed by atoms with van der Waals surface area (Å²) in [5.41, 5.74) is 4.42. The van der Waals surface area contributed by atoms with Gasteiger partial charge in [-0.3, -0.25) is 4.79 Å². The number of benzene rings is 2. The van der Waals surface area contributed by atoms with Crippen molar-refractivity contribution < 1.29 is 9.32 Å². The third-order valence-corrected chi connectivity index (χ3v) is 4.41. The highest BCUT2D eigenvalue weighted by atomic mass is 16.5. The minimum Gasteiger partial charge on any atom is -0.339 e. The first kappa shape index (κ1) is 15.6. The van der Waals surface area contributed by atoms with E-state index in [-0.39, 0.29) is 5.91 Å². The van der Waals surface area contributed by atoms with Crippen LogP contribution in [0.3, 0.4) is 0 Å². The average Bonchev–Trinajstić information content (AvgIpc) is 3.35.